The van der Waals surface area contributed by atoms with E-state index in [-0.39, 0.29) is 43.3 Å². The molecule has 0 radical (unpaired) electrons. The third-order valence-corrected chi connectivity index (χ3v) is 4.21. The van der Waals surface area contributed by atoms with Gasteiger partial charge >= 0.3 is 6.18 Å². The normalized spacial score (nSPS) is 13.7. The van der Waals surface area contributed by atoms with Crippen LogP contribution in [0.2, 0.25) is 0 Å². The van der Waals surface area contributed by atoms with Crippen LogP contribution in [0.4, 0.5) is 24.5 Å². The van der Waals surface area contributed by atoms with E-state index in [9.17, 15) is 22.8 Å². The lowest BCUT2D eigenvalue weighted by Gasteiger charge is -2.29. The second-order valence-corrected chi connectivity index (χ2v) is 6.22. The first-order chi connectivity index (χ1) is 13.3. The molecule has 0 atom stereocenters. The molecule has 148 valence electrons. The number of nitrogens with two attached hydrogens (primary N) is 1. The second-order valence-electron chi connectivity index (χ2n) is 6.22. The average Bonchev–Trinajstić information content (AvgIpc) is 2.66. The first-order valence-corrected chi connectivity index (χ1v) is 8.51. The summed E-state index contributed by atoms with van der Waals surface area (Å²) in [5, 5.41) is 2.44. The van der Waals surface area contributed by atoms with Crippen molar-refractivity contribution in [1.29, 1.82) is 0 Å². The summed E-state index contributed by atoms with van der Waals surface area (Å²) in [5.74, 6) is -0.275. The van der Waals surface area contributed by atoms with Crippen LogP contribution in [0.25, 0.3) is 0 Å². The number of rotatable bonds is 5. The van der Waals surface area contributed by atoms with Crippen molar-refractivity contribution in [1.82, 2.24) is 0 Å². The van der Waals surface area contributed by atoms with Crippen molar-refractivity contribution < 1.29 is 27.5 Å². The van der Waals surface area contributed by atoms with E-state index in [1.165, 1.54) is 11.0 Å². The maximum atomic E-state index is 13.0. The summed E-state index contributed by atoms with van der Waals surface area (Å²) in [5.41, 5.74) is 5.37. The number of alkyl halides is 3. The van der Waals surface area contributed by atoms with Gasteiger partial charge in [0.05, 0.1) is 11.3 Å². The molecule has 28 heavy (non-hydrogen) atoms. The van der Waals surface area contributed by atoms with Crippen LogP contribution in [0.5, 0.6) is 5.75 Å². The Kier molecular flexibility index (Phi) is 5.55. The van der Waals surface area contributed by atoms with E-state index in [4.69, 9.17) is 10.5 Å². The lowest BCUT2D eigenvalue weighted by atomic mass is 10.1. The van der Waals surface area contributed by atoms with Gasteiger partial charge in [0.15, 0.2) is 6.61 Å². The van der Waals surface area contributed by atoms with Gasteiger partial charge in [-0.05, 0) is 35.9 Å². The summed E-state index contributed by atoms with van der Waals surface area (Å²) in [6.07, 6.45) is -4.64. The van der Waals surface area contributed by atoms with Crippen molar-refractivity contribution in [2.75, 3.05) is 23.4 Å². The fourth-order valence-corrected chi connectivity index (χ4v) is 2.88. The Labute approximate surface area is 159 Å². The number of amides is 2. The number of ether oxygens (including phenoxy) is 1. The van der Waals surface area contributed by atoms with E-state index in [0.717, 1.165) is 12.1 Å². The fraction of sp³-hybridized carbons (Fsp3) is 0.263. The highest BCUT2D eigenvalue weighted by atomic mass is 19.4. The van der Waals surface area contributed by atoms with Crippen LogP contribution in [0.15, 0.2) is 42.5 Å². The number of anilines is 2. The minimum atomic E-state index is -4.55. The highest BCUT2D eigenvalue weighted by Gasteiger charge is 2.31. The molecule has 0 spiro atoms. The van der Waals surface area contributed by atoms with Gasteiger partial charge in [-0.1, -0.05) is 12.1 Å². The second kappa shape index (κ2) is 7.89. The van der Waals surface area contributed by atoms with Crippen LogP contribution >= 0.6 is 0 Å². The minimum absolute atomic E-state index is 0.00831. The first kappa shape index (κ1) is 19.7. The highest BCUT2D eigenvalue weighted by Crippen LogP contribution is 2.33. The third-order valence-electron chi connectivity index (χ3n) is 4.21. The molecule has 2 aromatic rings. The van der Waals surface area contributed by atoms with E-state index in [2.05, 4.69) is 5.32 Å². The summed E-state index contributed by atoms with van der Waals surface area (Å²) in [7, 11) is 0. The van der Waals surface area contributed by atoms with Gasteiger partial charge in [-0.15, -0.1) is 0 Å². The van der Waals surface area contributed by atoms with Crippen LogP contribution in [0, 0.1) is 0 Å². The van der Waals surface area contributed by atoms with E-state index < -0.39 is 17.6 Å². The lowest BCUT2D eigenvalue weighted by Crippen LogP contribution is -2.40. The molecule has 3 N–H and O–H groups in total. The summed E-state index contributed by atoms with van der Waals surface area (Å²) in [6.45, 7) is -0.147. The molecule has 0 aromatic heterocycles. The van der Waals surface area contributed by atoms with Gasteiger partial charge in [-0.25, -0.2) is 0 Å². The number of nitrogens with one attached hydrogen (secondary N) is 1. The van der Waals surface area contributed by atoms with Crippen molar-refractivity contribution >= 4 is 23.2 Å². The number of nitrogens with zero attached hydrogens (tertiary/aromatic N) is 1. The zero-order valence-corrected chi connectivity index (χ0v) is 14.8. The van der Waals surface area contributed by atoms with E-state index in [0.29, 0.717) is 11.4 Å². The molecular formula is C19H18F3N3O3. The predicted molar refractivity (Wildman–Crippen MR) is 96.9 cm³/mol. The van der Waals surface area contributed by atoms with Crippen molar-refractivity contribution in [3.8, 4) is 5.75 Å². The maximum absolute atomic E-state index is 13.0. The molecule has 0 aliphatic carbocycles. The molecule has 0 bridgehead atoms. The zero-order chi connectivity index (χ0) is 20.3. The Morgan fingerprint density at radius 3 is 2.68 bits per heavy atom. The molecule has 1 aliphatic rings. The Bertz CT molecular complexity index is 899. The number of halogens is 3. The number of carbonyl (C=O) groups is 2. The third kappa shape index (κ3) is 4.42. The smallest absolute Gasteiger partial charge is 0.416 e. The topological polar surface area (TPSA) is 84.7 Å². The van der Waals surface area contributed by atoms with Gasteiger partial charge in [-0.2, -0.15) is 13.2 Å². The maximum Gasteiger partial charge on any atom is 0.416 e. The van der Waals surface area contributed by atoms with Gasteiger partial charge < -0.3 is 20.7 Å². The Morgan fingerprint density at radius 1 is 1.21 bits per heavy atom. The van der Waals surface area contributed by atoms with Crippen molar-refractivity contribution in [3.63, 3.8) is 0 Å². The summed E-state index contributed by atoms with van der Waals surface area (Å²) >= 11 is 0. The Hall–Kier alpha value is -3.07. The molecule has 1 aliphatic heterocycles. The number of hydrogen-bond donors (Lipinski definition) is 2. The average molecular weight is 393 g/mol. The molecule has 3 rings (SSSR count). The number of carbonyl (C=O) groups excluding carboxylic acids is 2. The SMILES string of the molecule is NCc1cc(NC(=O)CCN2C(=O)COc3ccccc32)cc(C(F)(F)F)c1. The van der Waals surface area contributed by atoms with Crippen LogP contribution in [-0.2, 0) is 22.3 Å². The number of hydrogen-bond acceptors (Lipinski definition) is 4. The van der Waals surface area contributed by atoms with Gasteiger partial charge in [0, 0.05) is 25.2 Å². The molecule has 0 unspecified atom stereocenters. The van der Waals surface area contributed by atoms with Crippen molar-refractivity contribution in [2.45, 2.75) is 19.1 Å². The predicted octanol–water partition coefficient (Wildman–Crippen LogP) is 2.92. The van der Waals surface area contributed by atoms with Gasteiger partial charge in [0.25, 0.3) is 5.91 Å². The first-order valence-electron chi connectivity index (χ1n) is 8.51. The van der Waals surface area contributed by atoms with E-state index in [1.807, 2.05) is 0 Å². The van der Waals surface area contributed by atoms with Crippen LogP contribution < -0.4 is 20.7 Å². The Morgan fingerprint density at radius 2 is 1.96 bits per heavy atom. The molecular weight excluding hydrogens is 375 g/mol. The molecule has 0 saturated carbocycles. The van der Waals surface area contributed by atoms with Crippen LogP contribution in [0.3, 0.4) is 0 Å². The van der Waals surface area contributed by atoms with Crippen LogP contribution in [-0.4, -0.2) is 25.0 Å². The zero-order valence-electron chi connectivity index (χ0n) is 14.8. The van der Waals surface area contributed by atoms with Gasteiger partial charge in [0.1, 0.15) is 5.75 Å². The Balaban J connectivity index is 1.69. The molecule has 0 fully saturated rings. The summed E-state index contributed by atoms with van der Waals surface area (Å²) in [6, 6.07) is 10.1. The number of fused-ring (bicyclic) bond motifs is 1. The lowest BCUT2D eigenvalue weighted by molar-refractivity contribution is -0.137. The largest absolute Gasteiger partial charge is 0.482 e. The molecule has 2 amide bonds. The number of para-hydroxylation sites is 2. The number of benzene rings is 2. The van der Waals surface area contributed by atoms with E-state index in [1.54, 1.807) is 24.3 Å². The van der Waals surface area contributed by atoms with E-state index >= 15 is 0 Å². The van der Waals surface area contributed by atoms with Crippen molar-refractivity contribution in [3.05, 3.63) is 53.6 Å². The molecule has 0 saturated heterocycles. The minimum Gasteiger partial charge on any atom is -0.482 e. The molecule has 6 nitrogen and oxygen atoms in total. The van der Waals surface area contributed by atoms with Gasteiger partial charge in [0.2, 0.25) is 5.91 Å². The summed E-state index contributed by atoms with van der Waals surface area (Å²) in [4.78, 5) is 25.8. The molecule has 2 aromatic carbocycles. The fourth-order valence-electron chi connectivity index (χ4n) is 2.88. The monoisotopic (exact) mass is 393 g/mol. The van der Waals surface area contributed by atoms with Gasteiger partial charge in [-0.3, -0.25) is 9.59 Å². The quantitative estimate of drug-likeness (QED) is 0.818. The highest BCUT2D eigenvalue weighted by molar-refractivity contribution is 5.99. The molecule has 9 heteroatoms. The molecule has 1 heterocycles. The summed E-state index contributed by atoms with van der Waals surface area (Å²) < 4.78 is 44.3. The standard InChI is InChI=1S/C19H18F3N3O3/c20-19(21,22)13-7-12(10-23)8-14(9-13)24-17(26)5-6-25-15-3-1-2-4-16(15)28-11-18(25)27/h1-4,7-9H,5-6,10-11,23H2,(H,24,26). The van der Waals surface area contributed by atoms with Crippen molar-refractivity contribution in [2.24, 2.45) is 5.73 Å². The van der Waals surface area contributed by atoms with Crippen LogP contribution in [0.1, 0.15) is 17.5 Å².